The lowest BCUT2D eigenvalue weighted by Crippen LogP contribution is -2.37. The normalized spacial score (nSPS) is 11.9. The average molecular weight is 497 g/mol. The van der Waals surface area contributed by atoms with Crippen LogP contribution in [0.5, 0.6) is 0 Å². The van der Waals surface area contributed by atoms with Gasteiger partial charge < -0.3 is 0 Å². The van der Waals surface area contributed by atoms with E-state index in [0.29, 0.717) is 12.0 Å². The van der Waals surface area contributed by atoms with Crippen LogP contribution in [0.1, 0.15) is 16.7 Å². The zero-order chi connectivity index (χ0) is 24.9. The molecule has 4 rings (SSSR count). The summed E-state index contributed by atoms with van der Waals surface area (Å²) in [6, 6.07) is 27.6. The highest BCUT2D eigenvalue weighted by molar-refractivity contribution is 7.92. The van der Waals surface area contributed by atoms with Crippen molar-refractivity contribution in [1.82, 2.24) is 4.98 Å². The number of alkyl halides is 3. The Morgan fingerprint density at radius 2 is 1.51 bits per heavy atom. The van der Waals surface area contributed by atoms with Crippen molar-refractivity contribution in [2.24, 2.45) is 0 Å². The van der Waals surface area contributed by atoms with E-state index in [1.165, 1.54) is 18.5 Å². The van der Waals surface area contributed by atoms with Gasteiger partial charge in [-0.3, -0.25) is 9.29 Å². The van der Waals surface area contributed by atoms with Gasteiger partial charge in [-0.2, -0.15) is 13.2 Å². The summed E-state index contributed by atoms with van der Waals surface area (Å²) in [5.41, 5.74) is 4.54. The minimum atomic E-state index is -4.86. The molecule has 3 aromatic carbocycles. The second kappa shape index (κ2) is 10.3. The molecule has 4 aromatic rings. The first-order valence-corrected chi connectivity index (χ1v) is 12.5. The summed E-state index contributed by atoms with van der Waals surface area (Å²) in [6.45, 7) is -0.254. The van der Waals surface area contributed by atoms with E-state index in [-0.39, 0.29) is 12.2 Å². The molecule has 0 saturated carbocycles. The third kappa shape index (κ3) is 6.48. The number of aromatic nitrogens is 1. The molecule has 0 aliphatic carbocycles. The minimum absolute atomic E-state index is 0.174. The predicted octanol–water partition coefficient (Wildman–Crippen LogP) is 6.24. The number of halogens is 3. The van der Waals surface area contributed by atoms with Crippen LogP contribution in [0.15, 0.2) is 103 Å². The lowest BCUT2D eigenvalue weighted by Gasteiger charge is -2.25. The number of pyridine rings is 1. The van der Waals surface area contributed by atoms with Crippen LogP contribution in [-0.2, 0) is 23.0 Å². The lowest BCUT2D eigenvalue weighted by atomic mass is 9.95. The van der Waals surface area contributed by atoms with Crippen LogP contribution in [0.25, 0.3) is 11.1 Å². The van der Waals surface area contributed by atoms with Crippen molar-refractivity contribution in [2.45, 2.75) is 19.1 Å². The summed E-state index contributed by atoms with van der Waals surface area (Å²) >= 11 is 0. The Hall–Kier alpha value is -3.65. The second-order valence-electron chi connectivity index (χ2n) is 8.11. The number of nitrogens with zero attached hydrogens (tertiary/aromatic N) is 2. The van der Waals surface area contributed by atoms with Crippen LogP contribution in [0.2, 0.25) is 0 Å². The molecular weight excluding hydrogens is 473 g/mol. The monoisotopic (exact) mass is 496 g/mol. The zero-order valence-corrected chi connectivity index (χ0v) is 19.5. The molecule has 0 atom stereocenters. The molecule has 0 N–H and O–H groups in total. The first kappa shape index (κ1) is 24.5. The molecule has 8 heteroatoms. The van der Waals surface area contributed by atoms with Gasteiger partial charge in [0.05, 0.1) is 12.2 Å². The van der Waals surface area contributed by atoms with E-state index in [1.54, 1.807) is 24.3 Å². The first-order valence-electron chi connectivity index (χ1n) is 10.9. The van der Waals surface area contributed by atoms with Gasteiger partial charge in [0.15, 0.2) is 5.75 Å². The molecule has 0 unspecified atom stereocenters. The quantitative estimate of drug-likeness (QED) is 0.290. The fourth-order valence-electron chi connectivity index (χ4n) is 3.91. The van der Waals surface area contributed by atoms with Gasteiger partial charge in [-0.25, -0.2) is 8.42 Å². The maximum absolute atomic E-state index is 13.1. The molecule has 0 aliphatic heterocycles. The Morgan fingerprint density at radius 3 is 2.23 bits per heavy atom. The summed E-state index contributed by atoms with van der Waals surface area (Å²) in [7, 11) is -4.69. The fraction of sp³-hybridized carbons (Fsp3) is 0.148. The molecule has 0 aliphatic rings. The molecule has 1 aromatic heterocycles. The standard InChI is InChI=1S/C27H23F3N2O2S/c28-27(29,30)20-35(33,34)32(19-22-9-7-15-31-18-22)25-13-6-8-21(17-25)16-24-12-4-5-14-26(24)23-10-2-1-3-11-23/h1-15,17-18H,16,19-20H2. The molecule has 0 spiro atoms. The third-order valence-corrected chi connectivity index (χ3v) is 7.13. The predicted molar refractivity (Wildman–Crippen MR) is 131 cm³/mol. The minimum Gasteiger partial charge on any atom is -0.265 e. The van der Waals surface area contributed by atoms with E-state index in [0.717, 1.165) is 26.6 Å². The summed E-state index contributed by atoms with van der Waals surface area (Å²) in [5, 5.41) is 0. The lowest BCUT2D eigenvalue weighted by molar-refractivity contribution is -0.106. The van der Waals surface area contributed by atoms with Crippen molar-refractivity contribution >= 4 is 15.7 Å². The van der Waals surface area contributed by atoms with Crippen molar-refractivity contribution in [3.05, 3.63) is 120 Å². The van der Waals surface area contributed by atoms with Crippen LogP contribution < -0.4 is 4.31 Å². The van der Waals surface area contributed by atoms with Gasteiger partial charge in [-0.15, -0.1) is 0 Å². The molecule has 4 nitrogen and oxygen atoms in total. The molecule has 35 heavy (non-hydrogen) atoms. The van der Waals surface area contributed by atoms with Gasteiger partial charge in [-0.05, 0) is 52.4 Å². The molecule has 0 radical (unpaired) electrons. The first-order chi connectivity index (χ1) is 16.7. The van der Waals surface area contributed by atoms with Crippen LogP contribution in [0.3, 0.4) is 0 Å². The Bertz CT molecular complexity index is 1380. The Kier molecular flexibility index (Phi) is 7.21. The molecule has 0 saturated heterocycles. The van der Waals surface area contributed by atoms with Gasteiger partial charge in [0.25, 0.3) is 0 Å². The van der Waals surface area contributed by atoms with Crippen molar-refractivity contribution in [1.29, 1.82) is 0 Å². The van der Waals surface area contributed by atoms with Gasteiger partial charge >= 0.3 is 6.18 Å². The summed E-state index contributed by atoms with van der Waals surface area (Å²) in [5.74, 6) is -1.94. The molecule has 180 valence electrons. The van der Waals surface area contributed by atoms with E-state index in [4.69, 9.17) is 0 Å². The number of benzene rings is 3. The van der Waals surface area contributed by atoms with Crippen molar-refractivity contribution in [3.8, 4) is 11.1 Å². The molecule has 0 bridgehead atoms. The Morgan fingerprint density at radius 1 is 0.800 bits per heavy atom. The van der Waals surface area contributed by atoms with E-state index in [1.807, 2.05) is 60.7 Å². The van der Waals surface area contributed by atoms with Crippen LogP contribution >= 0.6 is 0 Å². The van der Waals surface area contributed by atoms with Gasteiger partial charge in [-0.1, -0.05) is 72.8 Å². The molecule has 0 fully saturated rings. The maximum Gasteiger partial charge on any atom is 0.404 e. The SMILES string of the molecule is O=S(=O)(CC(F)(F)F)N(Cc1cccnc1)c1cccc(Cc2ccccc2-c2ccccc2)c1. The zero-order valence-electron chi connectivity index (χ0n) is 18.7. The highest BCUT2D eigenvalue weighted by Gasteiger charge is 2.38. The van der Waals surface area contributed by atoms with Crippen molar-refractivity contribution in [3.63, 3.8) is 0 Å². The molecule has 1 heterocycles. The number of anilines is 1. The van der Waals surface area contributed by atoms with Gasteiger partial charge in [0, 0.05) is 12.4 Å². The van der Waals surface area contributed by atoms with Crippen molar-refractivity contribution in [2.75, 3.05) is 10.1 Å². The highest BCUT2D eigenvalue weighted by atomic mass is 32.2. The summed E-state index contributed by atoms with van der Waals surface area (Å²) < 4.78 is 65.9. The maximum atomic E-state index is 13.1. The van der Waals surface area contributed by atoms with E-state index in [9.17, 15) is 21.6 Å². The number of hydrogen-bond donors (Lipinski definition) is 0. The van der Waals surface area contributed by atoms with E-state index < -0.39 is 22.0 Å². The Labute approximate surface area is 202 Å². The smallest absolute Gasteiger partial charge is 0.265 e. The number of sulfonamides is 1. The largest absolute Gasteiger partial charge is 0.404 e. The van der Waals surface area contributed by atoms with Crippen LogP contribution in [-0.4, -0.2) is 25.3 Å². The van der Waals surface area contributed by atoms with Crippen molar-refractivity contribution < 1.29 is 21.6 Å². The molecular formula is C27H23F3N2O2S. The average Bonchev–Trinajstić information content (AvgIpc) is 2.83. The van der Waals surface area contributed by atoms with Crippen LogP contribution in [0.4, 0.5) is 18.9 Å². The fourth-order valence-corrected chi connectivity index (χ4v) is 5.26. The van der Waals surface area contributed by atoms with Gasteiger partial charge in [0.2, 0.25) is 10.0 Å². The third-order valence-electron chi connectivity index (χ3n) is 5.43. The topological polar surface area (TPSA) is 50.3 Å². The van der Waals surface area contributed by atoms with E-state index >= 15 is 0 Å². The number of rotatable bonds is 8. The second-order valence-corrected chi connectivity index (χ2v) is 10.0. The Balaban J connectivity index is 1.70. The number of hydrogen-bond acceptors (Lipinski definition) is 3. The summed E-state index contributed by atoms with van der Waals surface area (Å²) in [6.07, 6.45) is -1.42. The highest BCUT2D eigenvalue weighted by Crippen LogP contribution is 2.29. The van der Waals surface area contributed by atoms with E-state index in [2.05, 4.69) is 4.98 Å². The summed E-state index contributed by atoms with van der Waals surface area (Å²) in [4.78, 5) is 3.96. The van der Waals surface area contributed by atoms with Crippen LogP contribution in [0, 0.1) is 0 Å². The molecule has 0 amide bonds. The van der Waals surface area contributed by atoms with Gasteiger partial charge in [0.1, 0.15) is 0 Å².